The number of amides is 1. The van der Waals surface area contributed by atoms with Gasteiger partial charge in [-0.3, -0.25) is 4.79 Å². The number of hydrogen-bond acceptors (Lipinski definition) is 3. The van der Waals surface area contributed by atoms with E-state index < -0.39 is 5.82 Å². The summed E-state index contributed by atoms with van der Waals surface area (Å²) in [5.74, 6) is 0.374. The van der Waals surface area contributed by atoms with Crippen molar-refractivity contribution in [1.82, 2.24) is 9.88 Å². The van der Waals surface area contributed by atoms with E-state index in [1.54, 1.807) is 11.9 Å². The number of halogens is 1. The van der Waals surface area contributed by atoms with Gasteiger partial charge in [-0.2, -0.15) is 0 Å². The summed E-state index contributed by atoms with van der Waals surface area (Å²) in [5, 5.41) is 2.65. The molecule has 104 valence electrons. The molecule has 5 heteroatoms. The molecule has 0 radical (unpaired) electrons. The van der Waals surface area contributed by atoms with Crippen molar-refractivity contribution in [2.24, 2.45) is 11.8 Å². The Labute approximate surface area is 113 Å². The molecule has 1 atom stereocenters. The zero-order valence-corrected chi connectivity index (χ0v) is 11.6. The van der Waals surface area contributed by atoms with Gasteiger partial charge in [0.1, 0.15) is 0 Å². The molecule has 1 N–H and O–H groups in total. The van der Waals surface area contributed by atoms with E-state index in [1.807, 2.05) is 0 Å². The molecule has 2 heterocycles. The maximum absolute atomic E-state index is 14.1. The Morgan fingerprint density at radius 2 is 2.32 bits per heavy atom. The molecular weight excluding hydrogens is 245 g/mol. The quantitative estimate of drug-likeness (QED) is 0.912. The monoisotopic (exact) mass is 265 g/mol. The third-order valence-corrected chi connectivity index (χ3v) is 3.81. The molecule has 1 aromatic rings. The van der Waals surface area contributed by atoms with Crippen LogP contribution in [-0.4, -0.2) is 35.9 Å². The minimum Gasteiger partial charge on any atom is -0.371 e. The van der Waals surface area contributed by atoms with Crippen LogP contribution in [0.4, 0.5) is 10.2 Å². The number of rotatable bonds is 3. The van der Waals surface area contributed by atoms with Crippen LogP contribution in [0.3, 0.4) is 0 Å². The summed E-state index contributed by atoms with van der Waals surface area (Å²) in [6, 6.07) is 1.45. The van der Waals surface area contributed by atoms with Crippen molar-refractivity contribution in [3.05, 3.63) is 23.6 Å². The number of hydrogen-bond donors (Lipinski definition) is 1. The molecule has 19 heavy (non-hydrogen) atoms. The zero-order valence-electron chi connectivity index (χ0n) is 11.6. The van der Waals surface area contributed by atoms with Crippen LogP contribution in [0.5, 0.6) is 0 Å². The Balaban J connectivity index is 2.17. The number of likely N-dealkylation sites (tertiary alicyclic amines) is 1. The Hall–Kier alpha value is -1.65. The van der Waals surface area contributed by atoms with E-state index in [1.165, 1.54) is 12.3 Å². The third kappa shape index (κ3) is 2.69. The minimum atomic E-state index is -0.567. The Bertz CT molecular complexity index is 476. The number of carbonyl (C=O) groups excluding carboxylic acids is 1. The van der Waals surface area contributed by atoms with Crippen molar-refractivity contribution >= 4 is 11.7 Å². The topological polar surface area (TPSA) is 45.2 Å². The van der Waals surface area contributed by atoms with Crippen LogP contribution in [0.15, 0.2) is 12.3 Å². The van der Waals surface area contributed by atoms with Crippen LogP contribution in [0.1, 0.15) is 30.6 Å². The molecule has 1 aliphatic heterocycles. The maximum atomic E-state index is 14.1. The van der Waals surface area contributed by atoms with E-state index in [-0.39, 0.29) is 17.3 Å². The van der Waals surface area contributed by atoms with Gasteiger partial charge in [0.2, 0.25) is 0 Å². The number of nitrogens with one attached hydrogen (secondary N) is 1. The Kier molecular flexibility index (Phi) is 4.02. The van der Waals surface area contributed by atoms with E-state index in [9.17, 15) is 9.18 Å². The van der Waals surface area contributed by atoms with E-state index in [2.05, 4.69) is 24.1 Å². The number of carbonyl (C=O) groups is 1. The lowest BCUT2D eigenvalue weighted by molar-refractivity contribution is 0.0779. The highest BCUT2D eigenvalue weighted by atomic mass is 19.1. The first-order chi connectivity index (χ1) is 9.04. The average Bonchev–Trinajstić information content (AvgIpc) is 2.88. The Morgan fingerprint density at radius 3 is 2.89 bits per heavy atom. The fraction of sp³-hybridized carbons (Fsp3) is 0.571. The Morgan fingerprint density at radius 1 is 1.58 bits per heavy atom. The fourth-order valence-corrected chi connectivity index (χ4v) is 2.47. The van der Waals surface area contributed by atoms with Crippen LogP contribution < -0.4 is 5.32 Å². The molecule has 0 saturated carbocycles. The largest absolute Gasteiger partial charge is 0.371 e. The van der Waals surface area contributed by atoms with Crippen molar-refractivity contribution in [2.45, 2.75) is 20.3 Å². The third-order valence-electron chi connectivity index (χ3n) is 3.81. The summed E-state index contributed by atoms with van der Waals surface area (Å²) < 4.78 is 14.1. The molecule has 0 spiro atoms. The average molecular weight is 265 g/mol. The summed E-state index contributed by atoms with van der Waals surface area (Å²) in [4.78, 5) is 17.9. The van der Waals surface area contributed by atoms with Gasteiger partial charge in [-0.1, -0.05) is 13.8 Å². The summed E-state index contributed by atoms with van der Waals surface area (Å²) >= 11 is 0. The van der Waals surface area contributed by atoms with E-state index in [0.717, 1.165) is 6.42 Å². The number of nitrogens with zero attached hydrogens (tertiary/aromatic N) is 2. The first-order valence-electron chi connectivity index (χ1n) is 6.66. The van der Waals surface area contributed by atoms with Crippen LogP contribution in [0.25, 0.3) is 0 Å². The van der Waals surface area contributed by atoms with E-state index >= 15 is 0 Å². The lowest BCUT2D eigenvalue weighted by atomic mass is 9.95. The van der Waals surface area contributed by atoms with Crippen molar-refractivity contribution in [3.63, 3.8) is 0 Å². The second-order valence-electron chi connectivity index (χ2n) is 5.32. The van der Waals surface area contributed by atoms with Crippen molar-refractivity contribution in [3.8, 4) is 0 Å². The summed E-state index contributed by atoms with van der Waals surface area (Å²) in [6.07, 6.45) is 2.45. The highest BCUT2D eigenvalue weighted by molar-refractivity contribution is 5.95. The van der Waals surface area contributed by atoms with Gasteiger partial charge >= 0.3 is 0 Å². The van der Waals surface area contributed by atoms with Gasteiger partial charge in [0.25, 0.3) is 5.91 Å². The van der Waals surface area contributed by atoms with Crippen LogP contribution in [0.2, 0.25) is 0 Å². The summed E-state index contributed by atoms with van der Waals surface area (Å²) in [6.45, 7) is 5.74. The lowest BCUT2D eigenvalue weighted by Gasteiger charge is -2.18. The van der Waals surface area contributed by atoms with Gasteiger partial charge < -0.3 is 10.2 Å². The molecule has 0 aromatic carbocycles. The minimum absolute atomic E-state index is 0.101. The van der Waals surface area contributed by atoms with Gasteiger partial charge in [-0.15, -0.1) is 0 Å². The molecule has 1 unspecified atom stereocenters. The van der Waals surface area contributed by atoms with Crippen LogP contribution in [-0.2, 0) is 0 Å². The van der Waals surface area contributed by atoms with Crippen LogP contribution >= 0.6 is 0 Å². The highest BCUT2D eigenvalue weighted by Gasteiger charge is 2.30. The number of aromatic nitrogens is 1. The number of pyridine rings is 1. The van der Waals surface area contributed by atoms with Gasteiger partial charge in [-0.25, -0.2) is 9.37 Å². The highest BCUT2D eigenvalue weighted by Crippen LogP contribution is 2.26. The molecule has 0 aliphatic carbocycles. The number of anilines is 1. The molecule has 1 saturated heterocycles. The van der Waals surface area contributed by atoms with Crippen molar-refractivity contribution < 1.29 is 9.18 Å². The van der Waals surface area contributed by atoms with Gasteiger partial charge in [0, 0.05) is 26.3 Å². The second kappa shape index (κ2) is 5.55. The van der Waals surface area contributed by atoms with Crippen LogP contribution in [0, 0.1) is 17.7 Å². The lowest BCUT2D eigenvalue weighted by Crippen LogP contribution is -2.30. The van der Waals surface area contributed by atoms with E-state index in [0.29, 0.717) is 24.9 Å². The van der Waals surface area contributed by atoms with Crippen molar-refractivity contribution in [1.29, 1.82) is 0 Å². The first kappa shape index (κ1) is 13.8. The second-order valence-corrected chi connectivity index (χ2v) is 5.32. The van der Waals surface area contributed by atoms with E-state index in [4.69, 9.17) is 0 Å². The van der Waals surface area contributed by atoms with Gasteiger partial charge in [0.15, 0.2) is 11.6 Å². The molecule has 1 aromatic heterocycles. The van der Waals surface area contributed by atoms with Gasteiger partial charge in [-0.05, 0) is 24.3 Å². The molecule has 1 aliphatic rings. The maximum Gasteiger partial charge on any atom is 0.257 e. The standard InChI is InChI=1S/C14H20FN3O/c1-9(2)10-5-7-18(8-10)14(19)11-4-6-17-13(16-3)12(11)15/h4,6,9-10H,5,7-8H2,1-3H3,(H,16,17). The smallest absolute Gasteiger partial charge is 0.257 e. The van der Waals surface area contributed by atoms with Gasteiger partial charge in [0.05, 0.1) is 5.56 Å². The predicted molar refractivity (Wildman–Crippen MR) is 72.6 cm³/mol. The first-order valence-corrected chi connectivity index (χ1v) is 6.66. The predicted octanol–water partition coefficient (Wildman–Crippen LogP) is 2.38. The summed E-state index contributed by atoms with van der Waals surface area (Å²) in [5.41, 5.74) is 0.101. The molecule has 0 bridgehead atoms. The zero-order chi connectivity index (χ0) is 14.0. The SMILES string of the molecule is CNc1nccc(C(=O)N2CCC(C(C)C)C2)c1F. The molecular formula is C14H20FN3O. The molecule has 1 fully saturated rings. The fourth-order valence-electron chi connectivity index (χ4n) is 2.47. The molecule has 4 nitrogen and oxygen atoms in total. The molecule has 2 rings (SSSR count). The molecule has 1 amide bonds. The van der Waals surface area contributed by atoms with Crippen molar-refractivity contribution in [2.75, 3.05) is 25.5 Å². The normalized spacial score (nSPS) is 19.0. The summed E-state index contributed by atoms with van der Waals surface area (Å²) in [7, 11) is 1.59.